The molecule has 0 aliphatic carbocycles. The fourth-order valence-electron chi connectivity index (χ4n) is 3.32. The second-order valence-corrected chi connectivity index (χ2v) is 7.17. The second kappa shape index (κ2) is 9.10. The van der Waals surface area contributed by atoms with Crippen molar-refractivity contribution in [2.24, 2.45) is 0 Å². The number of carboxylic acids is 1. The number of aliphatic hydroxyl groups excluding tert-OH is 1. The van der Waals surface area contributed by atoms with Gasteiger partial charge in [0, 0.05) is 22.6 Å². The number of benzene rings is 2. The van der Waals surface area contributed by atoms with Crippen LogP contribution in [0.1, 0.15) is 24.1 Å². The van der Waals surface area contributed by atoms with Gasteiger partial charge in [-0.25, -0.2) is 4.79 Å². The van der Waals surface area contributed by atoms with Crippen LogP contribution in [0.5, 0.6) is 5.75 Å². The van der Waals surface area contributed by atoms with Gasteiger partial charge in [0.05, 0.1) is 18.2 Å². The van der Waals surface area contributed by atoms with Crippen LogP contribution in [-0.2, 0) is 11.2 Å². The number of carbonyl (C=O) groups is 1. The van der Waals surface area contributed by atoms with Gasteiger partial charge in [-0.05, 0) is 42.7 Å². The molecule has 1 heterocycles. The maximum atomic E-state index is 10.8. The number of para-hydroxylation sites is 1. The van der Waals surface area contributed by atoms with Crippen LogP contribution in [0.15, 0.2) is 48.7 Å². The average molecular weight is 403 g/mol. The smallest absolute Gasteiger partial charge is 0.341 e. The van der Waals surface area contributed by atoms with Crippen molar-refractivity contribution in [1.82, 2.24) is 10.3 Å². The Hall–Kier alpha value is -2.54. The third kappa shape index (κ3) is 4.84. The molecule has 3 aromatic rings. The summed E-state index contributed by atoms with van der Waals surface area (Å²) >= 11 is 6.06. The molecule has 4 N–H and O–H groups in total. The highest BCUT2D eigenvalue weighted by Crippen LogP contribution is 2.28. The van der Waals surface area contributed by atoms with Crippen molar-refractivity contribution < 1.29 is 19.7 Å². The molecular weight excluding hydrogens is 380 g/mol. The first-order chi connectivity index (χ1) is 13.5. The third-order valence-electron chi connectivity index (χ3n) is 4.56. The largest absolute Gasteiger partial charge is 0.480 e. The number of aliphatic hydroxyl groups is 1. The third-order valence-corrected chi connectivity index (χ3v) is 4.79. The van der Waals surface area contributed by atoms with Crippen molar-refractivity contribution in [3.05, 3.63) is 64.8 Å². The summed E-state index contributed by atoms with van der Waals surface area (Å²) in [5.41, 5.74) is 2.79. The Kier molecular flexibility index (Phi) is 6.57. The molecule has 0 bridgehead atoms. The van der Waals surface area contributed by atoms with Crippen molar-refractivity contribution in [2.75, 3.05) is 13.2 Å². The first kappa shape index (κ1) is 20.2. The van der Waals surface area contributed by atoms with Crippen LogP contribution in [0.3, 0.4) is 0 Å². The van der Waals surface area contributed by atoms with Gasteiger partial charge >= 0.3 is 5.97 Å². The average Bonchev–Trinajstić information content (AvgIpc) is 3.07. The minimum atomic E-state index is -1.02. The van der Waals surface area contributed by atoms with E-state index in [0.717, 1.165) is 28.5 Å². The van der Waals surface area contributed by atoms with Crippen molar-refractivity contribution in [1.29, 1.82) is 0 Å². The van der Waals surface area contributed by atoms with Crippen LogP contribution in [0.4, 0.5) is 0 Å². The molecule has 2 atom stereocenters. The minimum Gasteiger partial charge on any atom is -0.480 e. The molecule has 148 valence electrons. The van der Waals surface area contributed by atoms with Crippen LogP contribution < -0.4 is 10.1 Å². The van der Waals surface area contributed by atoms with E-state index in [4.69, 9.17) is 21.4 Å². The van der Waals surface area contributed by atoms with Gasteiger partial charge in [-0.15, -0.1) is 0 Å². The molecule has 3 rings (SSSR count). The number of fused-ring (bicyclic) bond motifs is 1. The van der Waals surface area contributed by atoms with Crippen LogP contribution in [-0.4, -0.2) is 40.4 Å². The predicted molar refractivity (Wildman–Crippen MR) is 109 cm³/mol. The highest BCUT2D eigenvalue weighted by atomic mass is 35.5. The summed E-state index contributed by atoms with van der Waals surface area (Å²) in [4.78, 5) is 13.9. The molecule has 7 heteroatoms. The number of halogens is 1. The molecular formula is C21H23ClN2O4. The Morgan fingerprint density at radius 1 is 1.29 bits per heavy atom. The fraction of sp³-hybridized carbons (Fsp3) is 0.286. The van der Waals surface area contributed by atoms with E-state index in [1.54, 1.807) is 12.1 Å². The molecule has 0 saturated carbocycles. The van der Waals surface area contributed by atoms with Crippen molar-refractivity contribution in [3.8, 4) is 5.75 Å². The Morgan fingerprint density at radius 3 is 2.79 bits per heavy atom. The van der Waals surface area contributed by atoms with Gasteiger partial charge in [0.1, 0.15) is 5.75 Å². The van der Waals surface area contributed by atoms with Gasteiger partial charge in [0.2, 0.25) is 0 Å². The molecule has 2 unspecified atom stereocenters. The lowest BCUT2D eigenvalue weighted by Crippen LogP contribution is -2.34. The molecule has 0 aliphatic rings. The maximum Gasteiger partial charge on any atom is 0.341 e. The molecule has 6 nitrogen and oxygen atoms in total. The van der Waals surface area contributed by atoms with Crippen LogP contribution in [0, 0.1) is 0 Å². The fourth-order valence-corrected chi connectivity index (χ4v) is 3.52. The summed E-state index contributed by atoms with van der Waals surface area (Å²) in [6.07, 6.45) is 2.63. The van der Waals surface area contributed by atoms with Crippen molar-refractivity contribution >= 4 is 28.5 Å². The molecule has 2 aromatic carbocycles. The number of aromatic nitrogens is 1. The molecule has 0 saturated heterocycles. The van der Waals surface area contributed by atoms with Gasteiger partial charge in [0.15, 0.2) is 6.61 Å². The van der Waals surface area contributed by atoms with E-state index < -0.39 is 5.97 Å². The SMILES string of the molecule is CC(Cc1c[nH]c2c(OCC(=O)O)cccc12)NC(CO)c1cccc(Cl)c1. The molecule has 0 radical (unpaired) electrons. The lowest BCUT2D eigenvalue weighted by molar-refractivity contribution is -0.139. The predicted octanol–water partition coefficient (Wildman–Crippen LogP) is 3.54. The van der Waals surface area contributed by atoms with Gasteiger partial charge in [-0.2, -0.15) is 0 Å². The maximum absolute atomic E-state index is 10.8. The molecule has 28 heavy (non-hydrogen) atoms. The summed E-state index contributed by atoms with van der Waals surface area (Å²) < 4.78 is 5.36. The highest BCUT2D eigenvalue weighted by Gasteiger charge is 2.16. The summed E-state index contributed by atoms with van der Waals surface area (Å²) in [6.45, 7) is 1.63. The first-order valence-electron chi connectivity index (χ1n) is 9.04. The number of nitrogens with one attached hydrogen (secondary N) is 2. The van der Waals surface area contributed by atoms with Crippen LogP contribution in [0.2, 0.25) is 5.02 Å². The second-order valence-electron chi connectivity index (χ2n) is 6.74. The number of rotatable bonds is 9. The topological polar surface area (TPSA) is 94.6 Å². The Bertz CT molecular complexity index is 956. The molecule has 1 aromatic heterocycles. The quantitative estimate of drug-likeness (QED) is 0.439. The van der Waals surface area contributed by atoms with E-state index in [2.05, 4.69) is 17.2 Å². The zero-order valence-electron chi connectivity index (χ0n) is 15.5. The number of H-pyrrole nitrogens is 1. The van der Waals surface area contributed by atoms with E-state index >= 15 is 0 Å². The minimum absolute atomic E-state index is 0.0360. The summed E-state index contributed by atoms with van der Waals surface area (Å²) in [5.74, 6) is -0.503. The van der Waals surface area contributed by atoms with E-state index in [9.17, 15) is 9.90 Å². The number of hydrogen-bond donors (Lipinski definition) is 4. The van der Waals surface area contributed by atoms with Gasteiger partial charge in [-0.3, -0.25) is 0 Å². The Balaban J connectivity index is 1.73. The summed E-state index contributed by atoms with van der Waals surface area (Å²) in [6, 6.07) is 12.9. The lowest BCUT2D eigenvalue weighted by Gasteiger charge is -2.22. The van der Waals surface area contributed by atoms with E-state index in [0.29, 0.717) is 10.8 Å². The molecule has 0 amide bonds. The standard InChI is InChI=1S/C21H23ClN2O4/c1-13(24-18(11-25)14-4-2-5-16(22)9-14)8-15-10-23-21-17(15)6-3-7-19(21)28-12-20(26)27/h2-7,9-10,13,18,23-25H,8,11-12H2,1H3,(H,26,27). The van der Waals surface area contributed by atoms with Crippen molar-refractivity contribution in [2.45, 2.75) is 25.4 Å². The van der Waals surface area contributed by atoms with Gasteiger partial charge < -0.3 is 25.3 Å². The number of aromatic amines is 1. The number of hydrogen-bond acceptors (Lipinski definition) is 4. The molecule has 0 spiro atoms. The number of carboxylic acid groups (broad SMARTS) is 1. The molecule has 0 aliphatic heterocycles. The highest BCUT2D eigenvalue weighted by molar-refractivity contribution is 6.30. The van der Waals surface area contributed by atoms with E-state index in [-0.39, 0.29) is 25.3 Å². The monoisotopic (exact) mass is 402 g/mol. The molecule has 0 fully saturated rings. The summed E-state index contributed by atoms with van der Waals surface area (Å²) in [5, 5.41) is 23.7. The Labute approximate surface area is 168 Å². The number of ether oxygens (including phenoxy) is 1. The van der Waals surface area contributed by atoms with Crippen LogP contribution in [0.25, 0.3) is 10.9 Å². The van der Waals surface area contributed by atoms with Gasteiger partial charge in [0.25, 0.3) is 0 Å². The zero-order chi connectivity index (χ0) is 20.1. The zero-order valence-corrected chi connectivity index (χ0v) is 16.2. The van der Waals surface area contributed by atoms with Crippen LogP contribution >= 0.6 is 11.6 Å². The first-order valence-corrected chi connectivity index (χ1v) is 9.41. The van der Waals surface area contributed by atoms with Crippen molar-refractivity contribution in [3.63, 3.8) is 0 Å². The summed E-state index contributed by atoms with van der Waals surface area (Å²) in [7, 11) is 0. The van der Waals surface area contributed by atoms with E-state index in [1.807, 2.05) is 36.5 Å². The lowest BCUT2D eigenvalue weighted by atomic mass is 10.0. The Morgan fingerprint density at radius 2 is 2.07 bits per heavy atom. The number of aliphatic carboxylic acids is 1. The van der Waals surface area contributed by atoms with E-state index in [1.165, 1.54) is 0 Å². The van der Waals surface area contributed by atoms with Gasteiger partial charge in [-0.1, -0.05) is 35.9 Å². The normalized spacial score (nSPS) is 13.4.